The first-order valence-electron chi connectivity index (χ1n) is 8.00. The van der Waals surface area contributed by atoms with Crippen molar-refractivity contribution in [3.63, 3.8) is 0 Å². The molecule has 0 N–H and O–H groups in total. The Morgan fingerprint density at radius 1 is 0.880 bits per heavy atom. The molecule has 122 valence electrons. The van der Waals surface area contributed by atoms with Crippen LogP contribution in [-0.2, 0) is 7.05 Å². The molecule has 4 heteroatoms. The van der Waals surface area contributed by atoms with Crippen LogP contribution in [0.25, 0.3) is 22.0 Å². The van der Waals surface area contributed by atoms with Crippen LogP contribution in [0.1, 0.15) is 10.5 Å². The molecular weight excluding hydrogens is 312 g/mol. The van der Waals surface area contributed by atoms with E-state index in [9.17, 15) is 4.79 Å². The van der Waals surface area contributed by atoms with Crippen molar-refractivity contribution in [2.24, 2.45) is 7.05 Å². The molecule has 0 bridgehead atoms. The van der Waals surface area contributed by atoms with E-state index in [1.54, 1.807) is 11.7 Å². The van der Waals surface area contributed by atoms with Crippen molar-refractivity contribution in [1.29, 1.82) is 0 Å². The van der Waals surface area contributed by atoms with Crippen molar-refractivity contribution in [2.45, 2.75) is 0 Å². The number of aldehydes is 1. The molecule has 0 aliphatic carbocycles. The maximum absolute atomic E-state index is 11.3. The number of rotatable bonds is 4. The van der Waals surface area contributed by atoms with E-state index in [4.69, 9.17) is 4.74 Å². The summed E-state index contributed by atoms with van der Waals surface area (Å²) >= 11 is 0. The summed E-state index contributed by atoms with van der Waals surface area (Å²) in [5.74, 6) is 1.58. The zero-order chi connectivity index (χ0) is 17.2. The molecule has 4 nitrogen and oxygen atoms in total. The summed E-state index contributed by atoms with van der Waals surface area (Å²) < 4.78 is 7.45. The molecule has 25 heavy (non-hydrogen) atoms. The van der Waals surface area contributed by atoms with Crippen molar-refractivity contribution in [1.82, 2.24) is 9.78 Å². The summed E-state index contributed by atoms with van der Waals surface area (Å²) in [7, 11) is 1.78. The van der Waals surface area contributed by atoms with Crippen molar-refractivity contribution in [2.75, 3.05) is 0 Å². The number of carbonyl (C=O) groups is 1. The highest BCUT2D eigenvalue weighted by Crippen LogP contribution is 2.31. The fourth-order valence-corrected chi connectivity index (χ4v) is 2.94. The molecule has 0 aliphatic heterocycles. The van der Waals surface area contributed by atoms with Gasteiger partial charge in [0.1, 0.15) is 22.7 Å². The van der Waals surface area contributed by atoms with Crippen molar-refractivity contribution in [3.8, 4) is 22.6 Å². The van der Waals surface area contributed by atoms with Gasteiger partial charge in [0.2, 0.25) is 0 Å². The topological polar surface area (TPSA) is 44.1 Å². The Bertz CT molecular complexity index is 1030. The van der Waals surface area contributed by atoms with Gasteiger partial charge in [0.05, 0.1) is 0 Å². The predicted molar refractivity (Wildman–Crippen MR) is 98.1 cm³/mol. The van der Waals surface area contributed by atoms with Gasteiger partial charge >= 0.3 is 0 Å². The highest BCUT2D eigenvalue weighted by atomic mass is 16.5. The Hall–Kier alpha value is -3.40. The first-order valence-corrected chi connectivity index (χ1v) is 8.00. The van der Waals surface area contributed by atoms with E-state index < -0.39 is 0 Å². The molecule has 3 aromatic carbocycles. The molecule has 0 saturated heterocycles. The lowest BCUT2D eigenvalue weighted by Crippen LogP contribution is -1.95. The summed E-state index contributed by atoms with van der Waals surface area (Å²) in [5, 5.41) is 5.37. The first-order chi connectivity index (χ1) is 12.3. The second-order valence-electron chi connectivity index (χ2n) is 5.77. The van der Waals surface area contributed by atoms with Crippen LogP contribution in [0.3, 0.4) is 0 Å². The van der Waals surface area contributed by atoms with Crippen LogP contribution in [0.2, 0.25) is 0 Å². The van der Waals surface area contributed by atoms with E-state index in [-0.39, 0.29) is 0 Å². The first kappa shape index (κ1) is 15.1. The number of ether oxygens (including phenoxy) is 1. The van der Waals surface area contributed by atoms with Crippen LogP contribution < -0.4 is 4.74 Å². The van der Waals surface area contributed by atoms with Crippen molar-refractivity contribution >= 4 is 17.2 Å². The minimum Gasteiger partial charge on any atom is -0.457 e. The minimum atomic E-state index is 0.584. The van der Waals surface area contributed by atoms with Gasteiger partial charge in [-0.05, 0) is 29.8 Å². The third kappa shape index (κ3) is 2.78. The Labute approximate surface area is 145 Å². The number of para-hydroxylation sites is 1. The van der Waals surface area contributed by atoms with Crippen LogP contribution in [0.5, 0.6) is 11.5 Å². The zero-order valence-electron chi connectivity index (χ0n) is 13.7. The molecule has 0 fully saturated rings. The third-order valence-corrected chi connectivity index (χ3v) is 4.17. The number of carbonyl (C=O) groups excluding carboxylic acids is 1. The second kappa shape index (κ2) is 6.24. The van der Waals surface area contributed by atoms with Gasteiger partial charge in [0.15, 0.2) is 6.29 Å². The lowest BCUT2D eigenvalue weighted by Gasteiger charge is -2.07. The number of benzene rings is 3. The number of hydrogen-bond acceptors (Lipinski definition) is 3. The lowest BCUT2D eigenvalue weighted by molar-refractivity contribution is 0.111. The molecule has 4 rings (SSSR count). The fourth-order valence-electron chi connectivity index (χ4n) is 2.94. The number of hydrogen-bond donors (Lipinski definition) is 0. The van der Waals surface area contributed by atoms with E-state index in [2.05, 4.69) is 5.10 Å². The Balaban J connectivity index is 1.71. The van der Waals surface area contributed by atoms with Gasteiger partial charge in [0.25, 0.3) is 0 Å². The Morgan fingerprint density at radius 3 is 2.32 bits per heavy atom. The molecule has 0 atom stereocenters. The lowest BCUT2D eigenvalue weighted by atomic mass is 10.0. The van der Waals surface area contributed by atoms with Gasteiger partial charge in [-0.1, -0.05) is 48.5 Å². The number of fused-ring (bicyclic) bond motifs is 1. The molecule has 0 unspecified atom stereocenters. The van der Waals surface area contributed by atoms with E-state index in [0.29, 0.717) is 5.69 Å². The van der Waals surface area contributed by atoms with Crippen LogP contribution in [0.15, 0.2) is 72.8 Å². The van der Waals surface area contributed by atoms with Gasteiger partial charge in [-0.3, -0.25) is 9.48 Å². The van der Waals surface area contributed by atoms with Crippen LogP contribution in [0, 0.1) is 0 Å². The highest BCUT2D eigenvalue weighted by Gasteiger charge is 2.12. The Morgan fingerprint density at radius 2 is 1.60 bits per heavy atom. The smallest absolute Gasteiger partial charge is 0.168 e. The minimum absolute atomic E-state index is 0.584. The second-order valence-corrected chi connectivity index (χ2v) is 5.77. The maximum atomic E-state index is 11.3. The summed E-state index contributed by atoms with van der Waals surface area (Å²) in [6, 6.07) is 23.4. The van der Waals surface area contributed by atoms with Gasteiger partial charge in [-0.2, -0.15) is 5.10 Å². The molecule has 1 heterocycles. The normalized spacial score (nSPS) is 10.8. The number of nitrogens with zero attached hydrogens (tertiary/aromatic N) is 2. The maximum Gasteiger partial charge on any atom is 0.168 e. The average molecular weight is 328 g/mol. The largest absolute Gasteiger partial charge is 0.457 e. The SMILES string of the molecule is Cn1nc2c(-c3ccc(Oc4ccccc4)cc3)cccc2c1C=O. The Kier molecular flexibility index (Phi) is 3.78. The molecule has 4 aromatic rings. The van der Waals surface area contributed by atoms with Gasteiger partial charge in [-0.15, -0.1) is 0 Å². The van der Waals surface area contributed by atoms with Gasteiger partial charge < -0.3 is 4.74 Å². The molecule has 1 aromatic heterocycles. The summed E-state index contributed by atoms with van der Waals surface area (Å²) in [6.45, 7) is 0. The van der Waals surface area contributed by atoms with Crippen LogP contribution in [-0.4, -0.2) is 16.1 Å². The van der Waals surface area contributed by atoms with E-state index in [1.165, 1.54) is 0 Å². The predicted octanol–water partition coefficient (Wildman–Crippen LogP) is 4.85. The zero-order valence-corrected chi connectivity index (χ0v) is 13.7. The number of aryl methyl sites for hydroxylation is 1. The van der Waals surface area contributed by atoms with Gasteiger partial charge in [-0.25, -0.2) is 0 Å². The summed E-state index contributed by atoms with van der Waals surface area (Å²) in [4.78, 5) is 11.3. The van der Waals surface area contributed by atoms with Crippen molar-refractivity contribution in [3.05, 3.63) is 78.5 Å². The molecule has 0 radical (unpaired) electrons. The molecule has 0 saturated carbocycles. The average Bonchev–Trinajstić information content (AvgIpc) is 2.98. The molecule has 0 amide bonds. The third-order valence-electron chi connectivity index (χ3n) is 4.17. The van der Waals surface area contributed by atoms with Crippen molar-refractivity contribution < 1.29 is 9.53 Å². The highest BCUT2D eigenvalue weighted by molar-refractivity contribution is 6.01. The standard InChI is InChI=1S/C21H16N2O2/c1-23-20(14-24)19-9-5-8-18(21(19)22-23)15-10-12-17(13-11-15)25-16-6-3-2-4-7-16/h2-14H,1H3. The number of aromatic nitrogens is 2. The molecule has 0 spiro atoms. The van der Waals surface area contributed by atoms with E-state index in [0.717, 1.165) is 39.8 Å². The summed E-state index contributed by atoms with van der Waals surface area (Å²) in [6.07, 6.45) is 0.843. The quantitative estimate of drug-likeness (QED) is 0.503. The van der Waals surface area contributed by atoms with E-state index in [1.807, 2.05) is 72.8 Å². The summed E-state index contributed by atoms with van der Waals surface area (Å²) in [5.41, 5.74) is 3.43. The van der Waals surface area contributed by atoms with Crippen LogP contribution >= 0.6 is 0 Å². The molecule has 0 aliphatic rings. The molecular formula is C21H16N2O2. The fraction of sp³-hybridized carbons (Fsp3) is 0.0476. The van der Waals surface area contributed by atoms with Crippen LogP contribution in [0.4, 0.5) is 0 Å². The van der Waals surface area contributed by atoms with Gasteiger partial charge in [0, 0.05) is 18.0 Å². The monoisotopic (exact) mass is 328 g/mol. The van der Waals surface area contributed by atoms with E-state index >= 15 is 0 Å².